The smallest absolute Gasteiger partial charge is 0.104 e. The van der Waals surface area contributed by atoms with Gasteiger partial charge in [0.05, 0.1) is 11.7 Å². The molecule has 1 fully saturated rings. The Morgan fingerprint density at radius 1 is 1.16 bits per heavy atom. The number of benzene rings is 1. The third-order valence-corrected chi connectivity index (χ3v) is 3.88. The van der Waals surface area contributed by atoms with Crippen LogP contribution in [-0.2, 0) is 11.3 Å². The zero-order valence-electron chi connectivity index (χ0n) is 11.7. The van der Waals surface area contributed by atoms with Crippen molar-refractivity contribution in [3.8, 4) is 0 Å². The van der Waals surface area contributed by atoms with Gasteiger partial charge in [-0.1, -0.05) is 24.3 Å². The molecule has 0 radical (unpaired) electrons. The number of likely N-dealkylation sites (N-methyl/N-ethyl adjacent to an activating group) is 1. The number of anilines is 1. The predicted molar refractivity (Wildman–Crippen MR) is 78.2 cm³/mol. The Bertz CT molecular complexity index is 452. The lowest BCUT2D eigenvalue weighted by molar-refractivity contribution is 0.00353. The lowest BCUT2D eigenvalue weighted by Gasteiger charge is -2.41. The molecule has 3 aliphatic rings. The molecule has 0 spiro atoms. The summed E-state index contributed by atoms with van der Waals surface area (Å²) in [6, 6.07) is 9.21. The summed E-state index contributed by atoms with van der Waals surface area (Å²) in [5, 5.41) is 2.07. The van der Waals surface area contributed by atoms with Crippen LogP contribution >= 0.6 is 0 Å². The van der Waals surface area contributed by atoms with Crippen LogP contribution in [0.15, 0.2) is 36.4 Å². The molecule has 4 rings (SSSR count). The van der Waals surface area contributed by atoms with Crippen LogP contribution < -0.4 is 5.06 Å². The van der Waals surface area contributed by atoms with Crippen LogP contribution in [0.25, 0.3) is 0 Å². The third-order valence-electron chi connectivity index (χ3n) is 3.88. The minimum absolute atomic E-state index is 0.276. The summed E-state index contributed by atoms with van der Waals surface area (Å²) < 4.78 is 0. The van der Waals surface area contributed by atoms with E-state index < -0.39 is 0 Å². The predicted octanol–water partition coefficient (Wildman–Crippen LogP) is 2.63. The van der Waals surface area contributed by atoms with Crippen LogP contribution in [0.5, 0.6) is 0 Å². The van der Waals surface area contributed by atoms with E-state index in [9.17, 15) is 0 Å². The largest absolute Gasteiger partial charge is 0.309 e. The van der Waals surface area contributed by atoms with Gasteiger partial charge in [0.2, 0.25) is 0 Å². The molecule has 3 nitrogen and oxygen atoms in total. The van der Waals surface area contributed by atoms with E-state index in [2.05, 4.69) is 60.5 Å². The summed E-state index contributed by atoms with van der Waals surface area (Å²) in [6.45, 7) is 1.09. The second-order valence-electron chi connectivity index (χ2n) is 5.72. The highest BCUT2D eigenvalue weighted by atomic mass is 16.7. The lowest BCUT2D eigenvalue weighted by Crippen LogP contribution is -2.45. The number of hydrogen-bond donors (Lipinski definition) is 0. The van der Waals surface area contributed by atoms with Crippen molar-refractivity contribution in [1.82, 2.24) is 4.90 Å². The first-order valence-corrected chi connectivity index (χ1v) is 7.10. The van der Waals surface area contributed by atoms with Gasteiger partial charge in [-0.25, -0.2) is 5.06 Å². The molecule has 0 N–H and O–H groups in total. The average Bonchev–Trinajstić information content (AvgIpc) is 2.47. The van der Waals surface area contributed by atoms with Crippen molar-refractivity contribution in [2.45, 2.75) is 31.4 Å². The van der Waals surface area contributed by atoms with Crippen LogP contribution in [0.4, 0.5) is 5.69 Å². The average molecular weight is 258 g/mol. The fraction of sp³-hybridized carbons (Fsp3) is 0.500. The standard InChI is InChI=1S/C16H22N2O/c1-17(2)12-11-13-3-5-14(6-4-13)18-15-7-9-16(19-18)10-8-15/h3-7,9,15-16H,8,10-12H2,1-2H3. The fourth-order valence-electron chi connectivity index (χ4n) is 2.70. The molecule has 19 heavy (non-hydrogen) atoms. The molecule has 1 aromatic carbocycles. The van der Waals surface area contributed by atoms with Crippen molar-refractivity contribution < 1.29 is 4.84 Å². The lowest BCUT2D eigenvalue weighted by atomic mass is 9.98. The molecule has 0 amide bonds. The van der Waals surface area contributed by atoms with Gasteiger partial charge in [-0.3, -0.25) is 4.84 Å². The highest BCUT2D eigenvalue weighted by Gasteiger charge is 2.30. The first-order chi connectivity index (χ1) is 9.22. The summed E-state index contributed by atoms with van der Waals surface area (Å²) >= 11 is 0. The molecule has 2 atom stereocenters. The fourth-order valence-corrected chi connectivity index (χ4v) is 2.70. The van der Waals surface area contributed by atoms with Crippen molar-refractivity contribution >= 4 is 5.69 Å². The SMILES string of the molecule is CN(C)CCc1ccc(N2OC3C=CC2CC3)cc1. The number of nitrogens with zero attached hydrogens (tertiary/aromatic N) is 2. The summed E-state index contributed by atoms with van der Waals surface area (Å²) in [5.41, 5.74) is 2.56. The molecule has 1 aliphatic carbocycles. The number of fused-ring (bicyclic) bond motifs is 2. The van der Waals surface area contributed by atoms with Crippen molar-refractivity contribution in [2.75, 3.05) is 25.7 Å². The maximum atomic E-state index is 5.95. The maximum Gasteiger partial charge on any atom is 0.104 e. The first-order valence-electron chi connectivity index (χ1n) is 7.10. The van der Waals surface area contributed by atoms with Gasteiger partial charge in [0.1, 0.15) is 6.10 Å². The Morgan fingerprint density at radius 3 is 2.47 bits per heavy atom. The van der Waals surface area contributed by atoms with E-state index in [0.29, 0.717) is 6.04 Å². The van der Waals surface area contributed by atoms with Gasteiger partial charge in [0.25, 0.3) is 0 Å². The minimum atomic E-state index is 0.276. The molecule has 2 unspecified atom stereocenters. The minimum Gasteiger partial charge on any atom is -0.309 e. The molecule has 0 saturated carbocycles. The van der Waals surface area contributed by atoms with E-state index in [1.165, 1.54) is 17.7 Å². The monoisotopic (exact) mass is 258 g/mol. The van der Waals surface area contributed by atoms with E-state index in [0.717, 1.165) is 19.4 Å². The van der Waals surface area contributed by atoms with Crippen molar-refractivity contribution in [3.63, 3.8) is 0 Å². The Hall–Kier alpha value is -1.32. The van der Waals surface area contributed by atoms with Crippen LogP contribution in [0.1, 0.15) is 18.4 Å². The first kappa shape index (κ1) is 12.7. The summed E-state index contributed by atoms with van der Waals surface area (Å²) in [6.07, 6.45) is 8.19. The van der Waals surface area contributed by atoms with Crippen molar-refractivity contribution in [2.24, 2.45) is 0 Å². The van der Waals surface area contributed by atoms with Gasteiger partial charge in [-0.2, -0.15) is 0 Å². The highest BCUT2D eigenvalue weighted by Crippen LogP contribution is 2.32. The molecule has 3 heteroatoms. The molecule has 102 valence electrons. The quantitative estimate of drug-likeness (QED) is 0.772. The zero-order chi connectivity index (χ0) is 13.2. The third kappa shape index (κ3) is 2.82. The number of hydrogen-bond acceptors (Lipinski definition) is 3. The van der Waals surface area contributed by atoms with Crippen LogP contribution in [0, 0.1) is 0 Å². The summed E-state index contributed by atoms with van der Waals surface area (Å²) in [4.78, 5) is 8.16. The summed E-state index contributed by atoms with van der Waals surface area (Å²) in [7, 11) is 4.22. The maximum absolute atomic E-state index is 5.95. The molecule has 1 saturated heterocycles. The van der Waals surface area contributed by atoms with Gasteiger partial charge in [0.15, 0.2) is 0 Å². The number of rotatable bonds is 4. The number of hydroxylamine groups is 1. The molecule has 2 heterocycles. The Labute approximate surface area is 115 Å². The van der Waals surface area contributed by atoms with Crippen LogP contribution in [0.2, 0.25) is 0 Å². The van der Waals surface area contributed by atoms with Crippen LogP contribution in [-0.4, -0.2) is 37.7 Å². The van der Waals surface area contributed by atoms with E-state index in [4.69, 9.17) is 4.84 Å². The molecular weight excluding hydrogens is 236 g/mol. The topological polar surface area (TPSA) is 15.7 Å². The van der Waals surface area contributed by atoms with Gasteiger partial charge < -0.3 is 4.90 Å². The molecule has 2 aliphatic heterocycles. The van der Waals surface area contributed by atoms with E-state index in [1.807, 2.05) is 0 Å². The van der Waals surface area contributed by atoms with E-state index in [-0.39, 0.29) is 6.10 Å². The zero-order valence-corrected chi connectivity index (χ0v) is 11.7. The second kappa shape index (κ2) is 5.35. The van der Waals surface area contributed by atoms with Gasteiger partial charge in [-0.05, 0) is 51.1 Å². The van der Waals surface area contributed by atoms with Gasteiger partial charge in [-0.15, -0.1) is 0 Å². The van der Waals surface area contributed by atoms with Crippen LogP contribution in [0.3, 0.4) is 0 Å². The van der Waals surface area contributed by atoms with Gasteiger partial charge in [0, 0.05) is 6.54 Å². The van der Waals surface area contributed by atoms with Crippen molar-refractivity contribution in [3.05, 3.63) is 42.0 Å². The second-order valence-corrected chi connectivity index (χ2v) is 5.72. The Kier molecular flexibility index (Phi) is 3.58. The van der Waals surface area contributed by atoms with Gasteiger partial charge >= 0.3 is 0 Å². The molecular formula is C16H22N2O. The van der Waals surface area contributed by atoms with E-state index in [1.54, 1.807) is 0 Å². The molecule has 0 aromatic heterocycles. The Morgan fingerprint density at radius 2 is 1.95 bits per heavy atom. The Balaban J connectivity index is 1.67. The molecule has 2 bridgehead atoms. The normalized spacial score (nSPS) is 25.3. The van der Waals surface area contributed by atoms with Crippen molar-refractivity contribution in [1.29, 1.82) is 0 Å². The summed E-state index contributed by atoms with van der Waals surface area (Å²) in [5.74, 6) is 0. The molecule has 1 aromatic rings. The highest BCUT2D eigenvalue weighted by molar-refractivity contribution is 5.48. The van der Waals surface area contributed by atoms with E-state index >= 15 is 0 Å².